The Morgan fingerprint density at radius 3 is 2.42 bits per heavy atom. The van der Waals surface area contributed by atoms with Gasteiger partial charge in [0.25, 0.3) is 0 Å². The molecule has 26 heavy (non-hydrogen) atoms. The molecule has 0 unspecified atom stereocenters. The number of amides is 2. The largest absolute Gasteiger partial charge is 0.324 e. The van der Waals surface area contributed by atoms with Crippen LogP contribution in [0.3, 0.4) is 0 Å². The molecule has 1 N–H and O–H groups in total. The predicted octanol–water partition coefficient (Wildman–Crippen LogP) is 2.73. The van der Waals surface area contributed by atoms with Gasteiger partial charge in [0.15, 0.2) is 9.84 Å². The zero-order valence-electron chi connectivity index (χ0n) is 15.2. The number of rotatable bonds is 2. The van der Waals surface area contributed by atoms with E-state index in [4.69, 9.17) is 0 Å². The number of fused-ring (bicyclic) bond motifs is 1. The van der Waals surface area contributed by atoms with E-state index in [1.165, 1.54) is 6.26 Å². The van der Waals surface area contributed by atoms with Crippen LogP contribution in [0.4, 0.5) is 10.6 Å². The van der Waals surface area contributed by atoms with Crippen molar-refractivity contribution in [2.45, 2.75) is 31.6 Å². The number of aryl methyl sites for hydroxylation is 2. The molecular weight excluding hydrogens is 350 g/mol. The van der Waals surface area contributed by atoms with Gasteiger partial charge in [-0.05, 0) is 67.6 Å². The lowest BCUT2D eigenvalue weighted by atomic mass is 10.0. The first-order valence-corrected chi connectivity index (χ1v) is 10.4. The maximum absolute atomic E-state index is 12.6. The number of hydrogen-bond donors (Lipinski definition) is 1. The highest BCUT2D eigenvalue weighted by atomic mass is 32.2. The zero-order chi connectivity index (χ0) is 18.9. The van der Waals surface area contributed by atoms with Gasteiger partial charge < -0.3 is 4.90 Å². The van der Waals surface area contributed by atoms with Gasteiger partial charge in [-0.2, -0.15) is 0 Å². The summed E-state index contributed by atoms with van der Waals surface area (Å²) in [7, 11) is -3.23. The maximum atomic E-state index is 12.6. The molecule has 0 radical (unpaired) electrons. The Balaban J connectivity index is 1.73. The van der Waals surface area contributed by atoms with Crippen LogP contribution in [-0.4, -0.2) is 43.7 Å². The van der Waals surface area contributed by atoms with Gasteiger partial charge in [0.1, 0.15) is 5.82 Å². The summed E-state index contributed by atoms with van der Waals surface area (Å²) in [6, 6.07) is 8.85. The number of anilines is 1. The molecule has 0 saturated heterocycles. The third-order valence-electron chi connectivity index (χ3n) is 4.53. The highest BCUT2D eigenvalue weighted by Gasteiger charge is 2.20. The van der Waals surface area contributed by atoms with Crippen molar-refractivity contribution in [2.75, 3.05) is 24.7 Å². The van der Waals surface area contributed by atoms with Crippen LogP contribution in [0.5, 0.6) is 0 Å². The summed E-state index contributed by atoms with van der Waals surface area (Å²) >= 11 is 0. The van der Waals surface area contributed by atoms with E-state index in [0.29, 0.717) is 36.6 Å². The number of nitrogens with zero attached hydrogens (tertiary/aromatic N) is 2. The minimum atomic E-state index is -3.23. The van der Waals surface area contributed by atoms with Crippen molar-refractivity contribution in [1.29, 1.82) is 0 Å². The van der Waals surface area contributed by atoms with Gasteiger partial charge in [0.05, 0.1) is 4.90 Å². The average Bonchev–Trinajstić information content (AvgIpc) is 2.74. The third kappa shape index (κ3) is 4.22. The summed E-state index contributed by atoms with van der Waals surface area (Å²) in [5, 5.41) is 2.86. The highest BCUT2D eigenvalue weighted by molar-refractivity contribution is 7.90. The molecule has 2 amide bonds. The van der Waals surface area contributed by atoms with E-state index in [1.54, 1.807) is 17.0 Å². The van der Waals surface area contributed by atoms with Gasteiger partial charge >= 0.3 is 6.03 Å². The van der Waals surface area contributed by atoms with Crippen LogP contribution in [0.1, 0.15) is 22.4 Å². The summed E-state index contributed by atoms with van der Waals surface area (Å²) in [6.07, 6.45) is 2.54. The zero-order valence-corrected chi connectivity index (χ0v) is 16.1. The monoisotopic (exact) mass is 373 g/mol. The van der Waals surface area contributed by atoms with Crippen LogP contribution in [0.2, 0.25) is 0 Å². The fourth-order valence-electron chi connectivity index (χ4n) is 3.23. The first-order valence-electron chi connectivity index (χ1n) is 8.55. The average molecular weight is 373 g/mol. The molecule has 1 aliphatic heterocycles. The second kappa shape index (κ2) is 7.07. The molecule has 0 bridgehead atoms. The Labute approximate surface area is 154 Å². The number of aromatic nitrogens is 1. The standard InChI is InChI=1S/C19H23N3O3S/c1-13-10-14(2)20-18(11-13)21-19(23)22-8-6-15-4-5-17(26(3,24)25)12-16(15)7-9-22/h4-5,10-12H,6-9H2,1-3H3,(H,20,21,23). The van der Waals surface area contributed by atoms with Crippen LogP contribution < -0.4 is 5.32 Å². The van der Waals surface area contributed by atoms with E-state index < -0.39 is 9.84 Å². The van der Waals surface area contributed by atoms with E-state index in [1.807, 2.05) is 32.0 Å². The molecule has 1 aromatic heterocycles. The van der Waals surface area contributed by atoms with Crippen molar-refractivity contribution in [3.63, 3.8) is 0 Å². The Morgan fingerprint density at radius 2 is 1.77 bits per heavy atom. The Hall–Kier alpha value is -2.41. The van der Waals surface area contributed by atoms with Gasteiger partial charge in [-0.15, -0.1) is 0 Å². The van der Waals surface area contributed by atoms with Crippen molar-refractivity contribution in [2.24, 2.45) is 0 Å². The number of pyridine rings is 1. The summed E-state index contributed by atoms with van der Waals surface area (Å²) in [5.74, 6) is 0.550. The molecule has 2 aromatic rings. The van der Waals surface area contributed by atoms with Crippen LogP contribution >= 0.6 is 0 Å². The minimum absolute atomic E-state index is 0.182. The van der Waals surface area contributed by atoms with E-state index in [9.17, 15) is 13.2 Å². The fourth-order valence-corrected chi connectivity index (χ4v) is 3.90. The molecule has 0 saturated carbocycles. The molecule has 0 spiro atoms. The smallest absolute Gasteiger partial charge is 0.323 e. The Bertz CT molecular complexity index is 934. The van der Waals surface area contributed by atoms with Crippen LogP contribution in [0, 0.1) is 13.8 Å². The molecule has 2 heterocycles. The first kappa shape index (κ1) is 18.4. The molecule has 6 nitrogen and oxygen atoms in total. The van der Waals surface area contributed by atoms with Crippen molar-refractivity contribution in [3.8, 4) is 0 Å². The summed E-state index contributed by atoms with van der Waals surface area (Å²) in [6.45, 7) is 4.98. The number of benzene rings is 1. The molecule has 0 fully saturated rings. The molecule has 1 aliphatic rings. The lowest BCUT2D eigenvalue weighted by Crippen LogP contribution is -2.37. The summed E-state index contributed by atoms with van der Waals surface area (Å²) in [5.41, 5.74) is 3.99. The second-order valence-electron chi connectivity index (χ2n) is 6.79. The molecular formula is C19H23N3O3S. The number of sulfone groups is 1. The molecule has 0 atom stereocenters. The van der Waals surface area contributed by atoms with Crippen molar-refractivity contribution < 1.29 is 13.2 Å². The lowest BCUT2D eigenvalue weighted by Gasteiger charge is -2.20. The molecule has 138 valence electrons. The third-order valence-corrected chi connectivity index (χ3v) is 5.64. The lowest BCUT2D eigenvalue weighted by molar-refractivity contribution is 0.214. The van der Waals surface area contributed by atoms with E-state index in [-0.39, 0.29) is 6.03 Å². The van der Waals surface area contributed by atoms with Crippen LogP contribution in [0.25, 0.3) is 0 Å². The van der Waals surface area contributed by atoms with Gasteiger partial charge in [-0.1, -0.05) is 6.07 Å². The van der Waals surface area contributed by atoms with Gasteiger partial charge in [0.2, 0.25) is 0 Å². The topological polar surface area (TPSA) is 79.4 Å². The molecule has 7 heteroatoms. The van der Waals surface area contributed by atoms with Gasteiger partial charge in [-0.3, -0.25) is 5.32 Å². The van der Waals surface area contributed by atoms with Gasteiger partial charge in [0, 0.05) is 25.0 Å². The highest BCUT2D eigenvalue weighted by Crippen LogP contribution is 2.21. The second-order valence-corrected chi connectivity index (χ2v) is 8.81. The maximum Gasteiger partial charge on any atom is 0.323 e. The summed E-state index contributed by atoms with van der Waals surface area (Å²) in [4.78, 5) is 19.0. The predicted molar refractivity (Wildman–Crippen MR) is 101 cm³/mol. The van der Waals surface area contributed by atoms with Crippen molar-refractivity contribution in [3.05, 3.63) is 52.7 Å². The number of nitrogens with one attached hydrogen (secondary N) is 1. The fraction of sp³-hybridized carbons (Fsp3) is 0.368. The summed E-state index contributed by atoms with van der Waals surface area (Å²) < 4.78 is 23.5. The normalized spacial score (nSPS) is 14.5. The van der Waals surface area contributed by atoms with Gasteiger partial charge in [-0.25, -0.2) is 18.2 Å². The van der Waals surface area contributed by atoms with E-state index in [0.717, 1.165) is 22.4 Å². The Morgan fingerprint density at radius 1 is 1.08 bits per heavy atom. The number of carbonyl (C=O) groups is 1. The molecule has 3 rings (SSSR count). The van der Waals surface area contributed by atoms with E-state index in [2.05, 4.69) is 10.3 Å². The molecule has 0 aliphatic carbocycles. The SMILES string of the molecule is Cc1cc(C)nc(NC(=O)N2CCc3ccc(S(C)(=O)=O)cc3CC2)c1. The van der Waals surface area contributed by atoms with Crippen LogP contribution in [-0.2, 0) is 22.7 Å². The quantitative estimate of drug-likeness (QED) is 0.878. The number of carbonyl (C=O) groups excluding carboxylic acids is 1. The van der Waals surface area contributed by atoms with Crippen molar-refractivity contribution in [1.82, 2.24) is 9.88 Å². The number of hydrogen-bond acceptors (Lipinski definition) is 4. The van der Waals surface area contributed by atoms with E-state index >= 15 is 0 Å². The van der Waals surface area contributed by atoms with Crippen molar-refractivity contribution >= 4 is 21.7 Å². The van der Waals surface area contributed by atoms with Crippen LogP contribution in [0.15, 0.2) is 35.2 Å². The first-order chi connectivity index (χ1) is 12.2. The molecule has 1 aromatic carbocycles. The minimum Gasteiger partial charge on any atom is -0.324 e. The Kier molecular flexibility index (Phi) is 5.00. The number of urea groups is 1.